The summed E-state index contributed by atoms with van der Waals surface area (Å²) in [6, 6.07) is 6.90. The zero-order valence-corrected chi connectivity index (χ0v) is 18.2. The van der Waals surface area contributed by atoms with Crippen LogP contribution in [0, 0.1) is 5.92 Å². The van der Waals surface area contributed by atoms with Crippen molar-refractivity contribution in [2.45, 2.75) is 45.2 Å². The number of carbonyl (C=O) groups is 2. The first-order valence-electron chi connectivity index (χ1n) is 10.5. The highest BCUT2D eigenvalue weighted by Crippen LogP contribution is 2.29. The van der Waals surface area contributed by atoms with Crippen molar-refractivity contribution in [2.24, 2.45) is 5.92 Å². The minimum atomic E-state index is -1.82. The third kappa shape index (κ3) is 7.18. The Hall–Kier alpha value is -2.32. The predicted molar refractivity (Wildman–Crippen MR) is 113 cm³/mol. The van der Waals surface area contributed by atoms with Crippen LogP contribution in [0.25, 0.3) is 0 Å². The van der Waals surface area contributed by atoms with E-state index < -0.39 is 11.9 Å². The average Bonchev–Trinajstić information content (AvgIpc) is 2.74. The number of piperazine rings is 1. The number of carboxylic acids is 2. The molecule has 2 unspecified atom stereocenters. The lowest BCUT2D eigenvalue weighted by atomic mass is 9.86. The molecule has 1 aliphatic carbocycles. The Morgan fingerprint density at radius 1 is 1.03 bits per heavy atom. The first-order chi connectivity index (χ1) is 14.3. The molecule has 0 aromatic heterocycles. The second-order valence-corrected chi connectivity index (χ2v) is 8.03. The fourth-order valence-corrected chi connectivity index (χ4v) is 4.27. The summed E-state index contributed by atoms with van der Waals surface area (Å²) < 4.78 is 10.9. The van der Waals surface area contributed by atoms with Crippen molar-refractivity contribution in [1.29, 1.82) is 0 Å². The predicted octanol–water partition coefficient (Wildman–Crippen LogP) is 2.56. The Balaban J connectivity index is 0.000000469. The van der Waals surface area contributed by atoms with Gasteiger partial charge in [-0.1, -0.05) is 19.8 Å². The average molecular weight is 423 g/mol. The SMILES string of the molecule is COc1ccc(OC)c(CN2CCN(C3CCCC(C)C3)CC2)c1.O=C(O)C(=O)O. The first-order valence-corrected chi connectivity index (χ1v) is 10.5. The zero-order chi connectivity index (χ0) is 22.1. The molecule has 1 aromatic rings. The van der Waals surface area contributed by atoms with Gasteiger partial charge < -0.3 is 19.7 Å². The fraction of sp³-hybridized carbons (Fsp3) is 0.636. The Bertz CT molecular complexity index is 691. The molecule has 0 bridgehead atoms. The van der Waals surface area contributed by atoms with E-state index in [0.717, 1.165) is 43.1 Å². The lowest BCUT2D eigenvalue weighted by molar-refractivity contribution is -0.159. The molecule has 2 fully saturated rings. The van der Waals surface area contributed by atoms with Gasteiger partial charge in [-0.3, -0.25) is 9.80 Å². The summed E-state index contributed by atoms with van der Waals surface area (Å²) in [5.74, 6) is -0.882. The third-order valence-electron chi connectivity index (χ3n) is 5.90. The normalized spacial score (nSPS) is 22.5. The second kappa shape index (κ2) is 11.8. The van der Waals surface area contributed by atoms with E-state index in [0.29, 0.717) is 0 Å². The number of carboxylic acid groups (broad SMARTS) is 2. The maximum absolute atomic E-state index is 9.10. The van der Waals surface area contributed by atoms with Crippen LogP contribution >= 0.6 is 0 Å². The Morgan fingerprint density at radius 3 is 2.23 bits per heavy atom. The summed E-state index contributed by atoms with van der Waals surface area (Å²) in [6.07, 6.45) is 5.62. The van der Waals surface area contributed by atoms with E-state index in [1.807, 2.05) is 12.1 Å². The number of aliphatic carboxylic acids is 2. The number of benzene rings is 1. The summed E-state index contributed by atoms with van der Waals surface area (Å²) in [4.78, 5) is 23.5. The summed E-state index contributed by atoms with van der Waals surface area (Å²) >= 11 is 0. The van der Waals surface area contributed by atoms with Gasteiger partial charge in [0.25, 0.3) is 0 Å². The van der Waals surface area contributed by atoms with E-state index in [9.17, 15) is 0 Å². The van der Waals surface area contributed by atoms with Gasteiger partial charge in [0.05, 0.1) is 14.2 Å². The van der Waals surface area contributed by atoms with Gasteiger partial charge >= 0.3 is 11.9 Å². The highest BCUT2D eigenvalue weighted by Gasteiger charge is 2.27. The van der Waals surface area contributed by atoms with Gasteiger partial charge in [0.1, 0.15) is 11.5 Å². The molecule has 3 rings (SSSR count). The maximum atomic E-state index is 9.10. The van der Waals surface area contributed by atoms with Crippen molar-refractivity contribution in [3.05, 3.63) is 23.8 Å². The summed E-state index contributed by atoms with van der Waals surface area (Å²) in [5, 5.41) is 14.8. The van der Waals surface area contributed by atoms with E-state index in [1.54, 1.807) is 14.2 Å². The molecule has 168 valence electrons. The quantitative estimate of drug-likeness (QED) is 0.699. The lowest BCUT2D eigenvalue weighted by Gasteiger charge is -2.42. The summed E-state index contributed by atoms with van der Waals surface area (Å²) in [5.41, 5.74) is 1.22. The van der Waals surface area contributed by atoms with Crippen LogP contribution in [0.5, 0.6) is 11.5 Å². The van der Waals surface area contributed by atoms with E-state index in [2.05, 4.69) is 22.8 Å². The molecule has 2 atom stereocenters. The molecule has 1 heterocycles. The number of hydrogen-bond donors (Lipinski definition) is 2. The number of nitrogens with zero attached hydrogens (tertiary/aromatic N) is 2. The first kappa shape index (κ1) is 24.0. The van der Waals surface area contributed by atoms with Crippen LogP contribution in [0.3, 0.4) is 0 Å². The van der Waals surface area contributed by atoms with E-state index in [-0.39, 0.29) is 0 Å². The second-order valence-electron chi connectivity index (χ2n) is 8.03. The van der Waals surface area contributed by atoms with Crippen molar-refractivity contribution < 1.29 is 29.3 Å². The monoisotopic (exact) mass is 422 g/mol. The number of ether oxygens (including phenoxy) is 2. The molecule has 0 radical (unpaired) electrons. The molecule has 1 aromatic carbocycles. The van der Waals surface area contributed by atoms with Crippen LogP contribution in [0.15, 0.2) is 18.2 Å². The van der Waals surface area contributed by atoms with Gasteiger partial charge in [-0.25, -0.2) is 9.59 Å². The van der Waals surface area contributed by atoms with Gasteiger partial charge in [0.2, 0.25) is 0 Å². The molecule has 1 aliphatic heterocycles. The maximum Gasteiger partial charge on any atom is 0.414 e. The molecule has 8 heteroatoms. The molecule has 2 aliphatic rings. The van der Waals surface area contributed by atoms with Gasteiger partial charge in [-0.05, 0) is 37.0 Å². The lowest BCUT2D eigenvalue weighted by Crippen LogP contribution is -2.50. The van der Waals surface area contributed by atoms with Crippen LogP contribution in [0.4, 0.5) is 0 Å². The van der Waals surface area contributed by atoms with E-state index >= 15 is 0 Å². The highest BCUT2D eigenvalue weighted by molar-refractivity contribution is 6.27. The fourth-order valence-electron chi connectivity index (χ4n) is 4.27. The molecule has 30 heavy (non-hydrogen) atoms. The molecule has 0 amide bonds. The Labute approximate surface area is 178 Å². The van der Waals surface area contributed by atoms with Crippen molar-refractivity contribution >= 4 is 11.9 Å². The highest BCUT2D eigenvalue weighted by atomic mass is 16.5. The van der Waals surface area contributed by atoms with Gasteiger partial charge in [-0.2, -0.15) is 0 Å². The summed E-state index contributed by atoms with van der Waals surface area (Å²) in [6.45, 7) is 8.04. The van der Waals surface area contributed by atoms with Crippen LogP contribution in [0.1, 0.15) is 38.2 Å². The van der Waals surface area contributed by atoms with Crippen LogP contribution in [-0.2, 0) is 16.1 Å². The van der Waals surface area contributed by atoms with E-state index in [1.165, 1.54) is 44.3 Å². The third-order valence-corrected chi connectivity index (χ3v) is 5.90. The Morgan fingerprint density at radius 2 is 1.70 bits per heavy atom. The van der Waals surface area contributed by atoms with Crippen molar-refractivity contribution in [2.75, 3.05) is 40.4 Å². The molecule has 1 saturated heterocycles. The van der Waals surface area contributed by atoms with Crippen molar-refractivity contribution in [3.8, 4) is 11.5 Å². The molecule has 0 spiro atoms. The smallest absolute Gasteiger partial charge is 0.414 e. The summed E-state index contributed by atoms with van der Waals surface area (Å²) in [7, 11) is 3.46. The number of rotatable bonds is 5. The van der Waals surface area contributed by atoms with E-state index in [4.69, 9.17) is 29.3 Å². The minimum absolute atomic E-state index is 0.822. The van der Waals surface area contributed by atoms with Crippen molar-refractivity contribution in [3.63, 3.8) is 0 Å². The number of methoxy groups -OCH3 is 2. The topological polar surface area (TPSA) is 99.5 Å². The number of hydrogen-bond acceptors (Lipinski definition) is 6. The zero-order valence-electron chi connectivity index (χ0n) is 18.2. The van der Waals surface area contributed by atoms with Crippen LogP contribution in [0.2, 0.25) is 0 Å². The molecule has 1 saturated carbocycles. The van der Waals surface area contributed by atoms with Gasteiger partial charge in [0, 0.05) is 44.3 Å². The molecular formula is C22H34N2O6. The minimum Gasteiger partial charge on any atom is -0.497 e. The largest absolute Gasteiger partial charge is 0.497 e. The molecular weight excluding hydrogens is 388 g/mol. The molecule has 2 N–H and O–H groups in total. The van der Waals surface area contributed by atoms with Gasteiger partial charge in [0.15, 0.2) is 0 Å². The van der Waals surface area contributed by atoms with Crippen LogP contribution in [-0.4, -0.2) is 78.4 Å². The van der Waals surface area contributed by atoms with Gasteiger partial charge in [-0.15, -0.1) is 0 Å². The molecule has 8 nitrogen and oxygen atoms in total. The van der Waals surface area contributed by atoms with Crippen LogP contribution < -0.4 is 9.47 Å². The Kier molecular flexibility index (Phi) is 9.39. The standard InChI is InChI=1S/C20H32N2O2.C2H2O4/c1-16-5-4-6-18(13-16)22-11-9-21(10-12-22)15-17-14-19(23-2)7-8-20(17)24-3;3-1(4)2(5)6/h7-8,14,16,18H,4-6,9-13,15H2,1-3H3;(H,3,4)(H,5,6). The van der Waals surface area contributed by atoms with Crippen molar-refractivity contribution in [1.82, 2.24) is 9.80 Å².